The number of benzene rings is 5. The molecule has 5 aliphatic heterocycles. The van der Waals surface area contributed by atoms with Crippen molar-refractivity contribution >= 4 is 104 Å². The monoisotopic (exact) mass is 1880 g/mol. The molecule has 5 amide bonds. The number of carbonyl (C=O) groups excluding carboxylic acids is 5. The molecule has 2 saturated carbocycles. The van der Waals surface area contributed by atoms with Crippen molar-refractivity contribution in [3.8, 4) is 5.75 Å². The fourth-order valence-electron chi connectivity index (χ4n) is 17.7. The number of nitrogens with two attached hydrogens (primary N) is 1. The zero-order valence-electron chi connectivity index (χ0n) is 76.3. The molecule has 3 aromatic heterocycles. The smallest absolute Gasteiger partial charge is 0.274 e. The zero-order valence-corrected chi connectivity index (χ0v) is 79.5. The van der Waals surface area contributed by atoms with E-state index in [4.69, 9.17) is 17.3 Å². The van der Waals surface area contributed by atoms with Gasteiger partial charge in [-0.15, -0.1) is 0 Å². The van der Waals surface area contributed by atoms with E-state index in [1.165, 1.54) is 101 Å². The molecule has 31 heteroatoms. The van der Waals surface area contributed by atoms with E-state index in [1.54, 1.807) is 64.1 Å². The Bertz CT molecular complexity index is 5710. The number of amides is 5. The number of aryl methyl sites for hydroxylation is 3. The molecule has 6 N–H and O–H groups in total. The van der Waals surface area contributed by atoms with Gasteiger partial charge in [-0.1, -0.05) is 143 Å². The molecule has 4 unspecified atom stereocenters. The molecule has 23 nitrogen and oxygen atoms in total. The highest BCUT2D eigenvalue weighted by Gasteiger charge is 2.33. The quantitative estimate of drug-likeness (QED) is 0.0159. The van der Waals surface area contributed by atoms with Crippen molar-refractivity contribution in [3.63, 3.8) is 0 Å². The van der Waals surface area contributed by atoms with Crippen molar-refractivity contribution in [3.05, 3.63) is 241 Å². The lowest BCUT2D eigenvalue weighted by Crippen LogP contribution is -2.34. The van der Waals surface area contributed by atoms with Gasteiger partial charge in [0.05, 0.1) is 19.6 Å². The van der Waals surface area contributed by atoms with Gasteiger partial charge >= 0.3 is 0 Å². The normalized spacial score (nSPS) is 20.6. The van der Waals surface area contributed by atoms with Gasteiger partial charge in [-0.3, -0.25) is 61.9 Å². The van der Waals surface area contributed by atoms with Crippen LogP contribution in [0.3, 0.4) is 0 Å². The van der Waals surface area contributed by atoms with Gasteiger partial charge in [0, 0.05) is 167 Å². The van der Waals surface area contributed by atoms with Gasteiger partial charge in [0.25, 0.3) is 29.5 Å². The van der Waals surface area contributed by atoms with Crippen LogP contribution in [-0.2, 0) is 70.9 Å². The summed E-state index contributed by atoms with van der Waals surface area (Å²) in [6.07, 6.45) is 24.0. The lowest BCUT2D eigenvalue weighted by Gasteiger charge is -2.28. The number of hydrogen-bond donors (Lipinski definition) is 5. The van der Waals surface area contributed by atoms with Gasteiger partial charge in [0.2, 0.25) is 0 Å². The van der Waals surface area contributed by atoms with Crippen molar-refractivity contribution < 1.29 is 59.3 Å². The third-order valence-electron chi connectivity index (χ3n) is 25.5. The molecule has 0 radical (unpaired) electrons. The minimum Gasteiger partial charge on any atom is -0.508 e. The predicted octanol–water partition coefficient (Wildman–Crippen LogP) is 17.1. The van der Waals surface area contributed by atoms with E-state index in [2.05, 4.69) is 58.2 Å². The second-order valence-electron chi connectivity index (χ2n) is 36.3. The fourth-order valence-corrected chi connectivity index (χ4v) is 23.9. The highest BCUT2D eigenvalue weighted by molar-refractivity contribution is 8.01. The number of halogens is 5. The van der Waals surface area contributed by atoms with Crippen LogP contribution in [0.25, 0.3) is 0 Å². The minimum absolute atomic E-state index is 0.0159. The zero-order chi connectivity index (χ0) is 93.9. The second-order valence-corrected chi connectivity index (χ2v) is 44.8. The van der Waals surface area contributed by atoms with Gasteiger partial charge < -0.3 is 35.3 Å². The average Bonchev–Trinajstić information content (AvgIpc) is 1.81. The number of aromatic amines is 3. The number of nitrogen functional groups attached to an aromatic ring is 1. The first-order valence-corrected chi connectivity index (χ1v) is 52.3. The Hall–Kier alpha value is -10.4. The molecule has 5 fully saturated rings. The molecule has 131 heavy (non-hydrogen) atoms. The van der Waals surface area contributed by atoms with E-state index < -0.39 is 46.0 Å². The van der Waals surface area contributed by atoms with E-state index in [9.17, 15) is 59.3 Å². The minimum atomic E-state index is -1.99. The number of rotatable bonds is 30. The van der Waals surface area contributed by atoms with Crippen molar-refractivity contribution in [2.24, 2.45) is 39.6 Å². The van der Waals surface area contributed by atoms with Gasteiger partial charge in [-0.2, -0.15) is 15.3 Å². The number of anilines is 1. The van der Waals surface area contributed by atoms with E-state index in [1.807, 2.05) is 92.1 Å². The summed E-state index contributed by atoms with van der Waals surface area (Å²) in [6.45, 7) is 14.2. The maximum Gasteiger partial charge on any atom is 0.274 e. The molecule has 3 saturated heterocycles. The van der Waals surface area contributed by atoms with Crippen LogP contribution in [0, 0.1) is 73.6 Å². The Morgan fingerprint density at radius 3 is 1.15 bits per heavy atom. The SMILES string of the molecule is C=S1(=O)CCC(CCN(Cc2ccc(O)cc2F)C(=O)c2cc(C)[nH]n2)C1.C=S1(=O)CCC(CCN(Cc2ccccc2Cl)C(=O)c2cc(C)[nH]n2)CC1.C=S1(=O)CCC(CCN(Cc2ccccc2N)C(=O)C2=CC(C)=NC2)C1.CC1=NCC(C(=O)N(CCC2CCCCC2)Cc2c(F)cccc2F)=C1.Cc1cc(C(=O)N(CCC2CCCCC2)Cc2ccccc2F)n[nH]1. The second kappa shape index (κ2) is 48.3. The van der Waals surface area contributed by atoms with Crippen LogP contribution in [0.15, 0.2) is 161 Å². The Morgan fingerprint density at radius 2 is 0.763 bits per heavy atom. The van der Waals surface area contributed by atoms with Gasteiger partial charge in [0.1, 0.15) is 46.1 Å². The van der Waals surface area contributed by atoms with E-state index in [0.29, 0.717) is 162 Å². The Balaban J connectivity index is 0.000000158. The number of hydrogen-bond acceptors (Lipinski definition) is 15. The molecule has 5 aromatic carbocycles. The number of para-hydroxylation sites is 1. The van der Waals surface area contributed by atoms with Crippen molar-refractivity contribution in [1.29, 1.82) is 0 Å². The number of carbonyl (C=O) groups is 5. The number of phenols is 1. The van der Waals surface area contributed by atoms with Crippen LogP contribution < -0.4 is 5.73 Å². The third-order valence-corrected chi connectivity index (χ3v) is 32.0. The van der Waals surface area contributed by atoms with Gasteiger partial charge in [-0.05, 0) is 246 Å². The molecule has 706 valence electrons. The lowest BCUT2D eigenvalue weighted by molar-refractivity contribution is -0.128. The molecule has 8 heterocycles. The van der Waals surface area contributed by atoms with Gasteiger partial charge in [0.15, 0.2) is 0 Å². The fraction of sp³-hybridized carbons (Fsp3) is 0.470. The van der Waals surface area contributed by atoms with Crippen LogP contribution in [-0.4, -0.2) is 212 Å². The molecule has 15 rings (SSSR count). The molecule has 2 aliphatic carbocycles. The maximum absolute atomic E-state index is 14.2. The summed E-state index contributed by atoms with van der Waals surface area (Å²) in [6, 6.07) is 34.8. The molecule has 0 spiro atoms. The molecule has 8 aromatic rings. The van der Waals surface area contributed by atoms with Crippen LogP contribution in [0.1, 0.15) is 212 Å². The lowest BCUT2D eigenvalue weighted by atomic mass is 9.87. The van der Waals surface area contributed by atoms with Crippen LogP contribution in [0.5, 0.6) is 5.75 Å². The highest BCUT2D eigenvalue weighted by atomic mass is 35.5. The highest BCUT2D eigenvalue weighted by Crippen LogP contribution is 2.33. The summed E-state index contributed by atoms with van der Waals surface area (Å²) in [5.74, 6) is 14.9. The molecular formula is C100H129ClF4N14O9S3. The third kappa shape index (κ3) is 31.4. The topological polar surface area (TPSA) is 310 Å². The summed E-state index contributed by atoms with van der Waals surface area (Å²) in [4.78, 5) is 81.8. The number of phenolic OH excluding ortho intramolecular Hbond substituents is 1. The van der Waals surface area contributed by atoms with Crippen LogP contribution in [0.4, 0.5) is 23.2 Å². The number of H-pyrrole nitrogens is 3. The van der Waals surface area contributed by atoms with E-state index in [0.717, 1.165) is 103 Å². The number of allylic oxidation sites excluding steroid dienone is 2. The largest absolute Gasteiger partial charge is 0.508 e. The first kappa shape index (κ1) is 101. The first-order chi connectivity index (χ1) is 62.6. The van der Waals surface area contributed by atoms with Crippen molar-refractivity contribution in [1.82, 2.24) is 55.1 Å². The standard InChI is InChI=1S/C21H26F2N2O.C20H26ClN3O2S.C20H26FN3O.C20H27N3O2S.C19H24FN3O3S/c1-15-12-17(13-24-15)21(26)25(11-10-16-6-3-2-4-7-16)14-18-19(22)8-5-9-20(18)23;1-15-13-19(23-22-15)20(25)24(14-17-5-3-4-6-18(17)21)10-7-16-8-11-27(2,26)12-9-16;1-15-13-19(23-22-15)20(25)24(12-11-16-7-3-2-4-8-16)14-17-9-5-6-10-18(17)21;1-15-11-18(12-22-15)20(24)23(13-17-5-3-4-6-19(17)21)9-7-16-8-10-26(2,25)14-16;1-13-9-18(22-21-13)19(25)23(7-5-14-6-8-27(2,26)12-14)11-15-3-4-16(24)10-17(15)20/h5,8-9,12,16H,2-4,6-7,10-11,13-14H2,1H3;3-6,13,16H,2,7-12,14H2,1H3,(H,22,23);5-6,9-10,13,16H,2-4,7-8,11-12,14H2,1H3,(H,22,23);3-6,11,16H,2,7-10,12-14,21H2,1H3;3-4,9-10,14,24H,2,5-8,11-12H2,1H3,(H,21,22). The summed E-state index contributed by atoms with van der Waals surface area (Å²) >= 11 is 6.30. The summed E-state index contributed by atoms with van der Waals surface area (Å²) in [7, 11) is -5.77. The Labute approximate surface area is 775 Å². The summed E-state index contributed by atoms with van der Waals surface area (Å²) < 4.78 is 92.7. The number of aromatic nitrogens is 6. The van der Waals surface area contributed by atoms with Crippen molar-refractivity contribution in [2.45, 2.75) is 189 Å². The first-order valence-electron chi connectivity index (χ1n) is 45.7. The molecule has 0 bridgehead atoms. The van der Waals surface area contributed by atoms with E-state index >= 15 is 0 Å². The molecule has 4 atom stereocenters. The Kier molecular flexibility index (Phi) is 37.3. The Morgan fingerprint density at radius 1 is 0.412 bits per heavy atom. The summed E-state index contributed by atoms with van der Waals surface area (Å²) in [5.41, 5.74) is 16.1. The van der Waals surface area contributed by atoms with Gasteiger partial charge in [-0.25, -0.2) is 17.6 Å². The van der Waals surface area contributed by atoms with E-state index in [-0.39, 0.29) is 77.9 Å². The number of aliphatic imine (C=N–C) groups is 2. The molecular weight excluding hydrogens is 1750 g/mol. The molecule has 7 aliphatic rings. The number of nitrogens with one attached hydrogen (secondary N) is 3. The predicted molar refractivity (Wildman–Crippen MR) is 520 cm³/mol. The number of nitrogens with zero attached hydrogens (tertiary/aromatic N) is 10. The average molecular weight is 1880 g/mol. The van der Waals surface area contributed by atoms with Crippen LogP contribution >= 0.6 is 11.6 Å². The maximum atomic E-state index is 14.2. The number of aromatic hydroxyl groups is 1. The van der Waals surface area contributed by atoms with Crippen LogP contribution in [0.2, 0.25) is 5.02 Å². The van der Waals surface area contributed by atoms with Crippen molar-refractivity contribution in [2.75, 3.05) is 86.1 Å². The summed E-state index contributed by atoms with van der Waals surface area (Å²) in [5, 5.41) is 30.7.